The van der Waals surface area contributed by atoms with Gasteiger partial charge in [0.2, 0.25) is 0 Å². The molecule has 0 N–H and O–H groups in total. The van der Waals surface area contributed by atoms with E-state index in [4.69, 9.17) is 4.74 Å². The molecule has 0 fully saturated rings. The van der Waals surface area contributed by atoms with E-state index in [1.165, 1.54) is 16.1 Å². The lowest BCUT2D eigenvalue weighted by atomic mass is 10.2. The Balaban J connectivity index is 2.19. The van der Waals surface area contributed by atoms with Gasteiger partial charge in [0.1, 0.15) is 11.7 Å². The molecule has 0 saturated carbocycles. The molecule has 4 heteroatoms. The second-order valence-corrected chi connectivity index (χ2v) is 4.20. The van der Waals surface area contributed by atoms with E-state index in [2.05, 4.69) is 22.2 Å². The summed E-state index contributed by atoms with van der Waals surface area (Å²) in [5.41, 5.74) is 2.59. The second-order valence-electron chi connectivity index (χ2n) is 3.35. The van der Waals surface area contributed by atoms with Gasteiger partial charge in [0, 0.05) is 25.4 Å². The molecule has 0 aromatic carbocycles. The number of methoxy groups -OCH3 is 1. The van der Waals surface area contributed by atoms with Gasteiger partial charge >= 0.3 is 0 Å². The van der Waals surface area contributed by atoms with Crippen molar-refractivity contribution in [3.63, 3.8) is 0 Å². The first kappa shape index (κ1) is 9.68. The van der Waals surface area contributed by atoms with E-state index < -0.39 is 0 Å². The molecule has 3 nitrogen and oxygen atoms in total. The zero-order valence-electron chi connectivity index (χ0n) is 8.49. The van der Waals surface area contributed by atoms with Crippen molar-refractivity contribution in [1.82, 2.24) is 0 Å². The molecule has 1 aromatic rings. The normalized spacial score (nSPS) is 14.6. The van der Waals surface area contributed by atoms with Gasteiger partial charge in [0.25, 0.3) is 0 Å². The maximum Gasteiger partial charge on any atom is 0.111 e. The lowest BCUT2D eigenvalue weighted by molar-refractivity contribution is 0.205. The van der Waals surface area contributed by atoms with Crippen molar-refractivity contribution in [2.24, 2.45) is 4.99 Å². The molecule has 76 valence electrons. The summed E-state index contributed by atoms with van der Waals surface area (Å²) in [6.45, 7) is 4.56. The predicted octanol–water partition coefficient (Wildman–Crippen LogP) is 1.90. The summed E-state index contributed by atoms with van der Waals surface area (Å²) in [5, 5.41) is 3.51. The summed E-state index contributed by atoms with van der Waals surface area (Å²) >= 11 is 1.79. The third kappa shape index (κ3) is 1.67. The number of aliphatic imine (C=N–C) groups is 1. The minimum atomic E-state index is 0.756. The van der Waals surface area contributed by atoms with Gasteiger partial charge in [-0.05, 0) is 17.9 Å². The van der Waals surface area contributed by atoms with Crippen molar-refractivity contribution in [2.75, 3.05) is 31.8 Å². The minimum Gasteiger partial charge on any atom is -0.383 e. The molecule has 0 radical (unpaired) electrons. The van der Waals surface area contributed by atoms with Crippen molar-refractivity contribution in [3.05, 3.63) is 16.5 Å². The highest BCUT2D eigenvalue weighted by Crippen LogP contribution is 2.31. The van der Waals surface area contributed by atoms with Crippen molar-refractivity contribution < 1.29 is 4.74 Å². The number of anilines is 1. The van der Waals surface area contributed by atoms with E-state index in [1.54, 1.807) is 18.4 Å². The maximum atomic E-state index is 5.08. The van der Waals surface area contributed by atoms with Crippen LogP contribution in [0.15, 0.2) is 10.4 Å². The van der Waals surface area contributed by atoms with E-state index in [9.17, 15) is 0 Å². The van der Waals surface area contributed by atoms with Gasteiger partial charge in [-0.15, -0.1) is 11.3 Å². The van der Waals surface area contributed by atoms with Crippen molar-refractivity contribution >= 4 is 22.6 Å². The van der Waals surface area contributed by atoms with Gasteiger partial charge in [-0.1, -0.05) is 0 Å². The molecule has 0 amide bonds. The van der Waals surface area contributed by atoms with Crippen LogP contribution < -0.4 is 4.90 Å². The van der Waals surface area contributed by atoms with Crippen LogP contribution in [0.1, 0.15) is 11.1 Å². The topological polar surface area (TPSA) is 24.8 Å². The van der Waals surface area contributed by atoms with Crippen LogP contribution in [-0.2, 0) is 4.74 Å². The number of nitrogens with zero attached hydrogens (tertiary/aromatic N) is 2. The molecule has 0 saturated heterocycles. The van der Waals surface area contributed by atoms with Gasteiger partial charge < -0.3 is 9.64 Å². The fraction of sp³-hybridized carbons (Fsp3) is 0.500. The average molecular weight is 210 g/mol. The molecule has 1 aliphatic heterocycles. The van der Waals surface area contributed by atoms with Crippen LogP contribution in [0.3, 0.4) is 0 Å². The molecule has 0 bridgehead atoms. The van der Waals surface area contributed by atoms with Crippen LogP contribution in [-0.4, -0.2) is 33.1 Å². The molecule has 1 aromatic heterocycles. The monoisotopic (exact) mass is 210 g/mol. The Morgan fingerprint density at radius 1 is 1.64 bits per heavy atom. The van der Waals surface area contributed by atoms with E-state index in [0.29, 0.717) is 0 Å². The van der Waals surface area contributed by atoms with Gasteiger partial charge in [0.05, 0.1) is 6.61 Å². The molecule has 2 heterocycles. The quantitative estimate of drug-likeness (QED) is 0.761. The highest BCUT2D eigenvalue weighted by molar-refractivity contribution is 7.14. The first-order valence-electron chi connectivity index (χ1n) is 4.64. The Labute approximate surface area is 88.0 Å². The number of aryl methyl sites for hydroxylation is 1. The molecule has 0 spiro atoms. The van der Waals surface area contributed by atoms with Crippen LogP contribution in [0.5, 0.6) is 0 Å². The molecule has 0 atom stereocenters. The molecule has 0 unspecified atom stereocenters. The molecule has 2 rings (SSSR count). The Hall–Kier alpha value is -0.870. The molecular formula is C10H14N2OS. The van der Waals surface area contributed by atoms with Crippen LogP contribution >= 0.6 is 11.3 Å². The Bertz CT molecular complexity index is 346. The average Bonchev–Trinajstić information content (AvgIpc) is 2.58. The summed E-state index contributed by atoms with van der Waals surface area (Å²) in [4.78, 5) is 6.60. The Morgan fingerprint density at radius 2 is 2.50 bits per heavy atom. The van der Waals surface area contributed by atoms with Crippen LogP contribution in [0, 0.1) is 6.92 Å². The standard InChI is InChI=1S/C10H14N2OS/c1-8-6-14-10-9(8)5-11-7-12(10)3-4-13-2/h5-6H,3-4,7H2,1-2H3. The highest BCUT2D eigenvalue weighted by Gasteiger charge is 2.16. The Morgan fingerprint density at radius 3 is 3.29 bits per heavy atom. The molecule has 0 aliphatic carbocycles. The number of hydrogen-bond acceptors (Lipinski definition) is 4. The van der Waals surface area contributed by atoms with E-state index in [-0.39, 0.29) is 0 Å². The summed E-state index contributed by atoms with van der Waals surface area (Å²) in [6.07, 6.45) is 1.98. The van der Waals surface area contributed by atoms with Gasteiger partial charge in [-0.2, -0.15) is 0 Å². The summed E-state index contributed by atoms with van der Waals surface area (Å²) < 4.78 is 5.08. The third-order valence-electron chi connectivity index (χ3n) is 2.33. The number of fused-ring (bicyclic) bond motifs is 1. The molecule has 1 aliphatic rings. The number of hydrogen-bond donors (Lipinski definition) is 0. The van der Waals surface area contributed by atoms with E-state index in [0.717, 1.165) is 19.8 Å². The number of thiophene rings is 1. The zero-order valence-corrected chi connectivity index (χ0v) is 9.30. The van der Waals surface area contributed by atoms with E-state index in [1.807, 2.05) is 6.21 Å². The first-order valence-corrected chi connectivity index (χ1v) is 5.52. The second kappa shape index (κ2) is 4.11. The van der Waals surface area contributed by atoms with E-state index >= 15 is 0 Å². The summed E-state index contributed by atoms with van der Waals surface area (Å²) in [7, 11) is 1.73. The minimum absolute atomic E-state index is 0.756. The predicted molar refractivity (Wildman–Crippen MR) is 60.7 cm³/mol. The van der Waals surface area contributed by atoms with Crippen LogP contribution in [0.25, 0.3) is 0 Å². The summed E-state index contributed by atoms with van der Waals surface area (Å²) in [6, 6.07) is 0. The van der Waals surface area contributed by atoms with Crippen LogP contribution in [0.4, 0.5) is 5.00 Å². The van der Waals surface area contributed by atoms with Gasteiger partial charge in [0.15, 0.2) is 0 Å². The van der Waals surface area contributed by atoms with Crippen molar-refractivity contribution in [3.8, 4) is 0 Å². The molecular weight excluding hydrogens is 196 g/mol. The third-order valence-corrected chi connectivity index (χ3v) is 3.50. The number of rotatable bonds is 3. The SMILES string of the molecule is COCCN1CN=Cc2c(C)csc21. The summed E-state index contributed by atoms with van der Waals surface area (Å²) in [5.74, 6) is 0. The first-order chi connectivity index (χ1) is 6.83. The van der Waals surface area contributed by atoms with Gasteiger partial charge in [-0.25, -0.2) is 0 Å². The van der Waals surface area contributed by atoms with Crippen molar-refractivity contribution in [1.29, 1.82) is 0 Å². The zero-order chi connectivity index (χ0) is 9.97. The Kier molecular flexibility index (Phi) is 2.84. The smallest absolute Gasteiger partial charge is 0.111 e. The largest absolute Gasteiger partial charge is 0.383 e. The lowest BCUT2D eigenvalue weighted by Gasteiger charge is -2.24. The highest BCUT2D eigenvalue weighted by atomic mass is 32.1. The fourth-order valence-electron chi connectivity index (χ4n) is 1.51. The van der Waals surface area contributed by atoms with Crippen molar-refractivity contribution in [2.45, 2.75) is 6.92 Å². The maximum absolute atomic E-state index is 5.08. The number of ether oxygens (including phenoxy) is 1. The lowest BCUT2D eigenvalue weighted by Crippen LogP contribution is -2.29. The van der Waals surface area contributed by atoms with Gasteiger partial charge in [-0.3, -0.25) is 4.99 Å². The molecule has 14 heavy (non-hydrogen) atoms. The van der Waals surface area contributed by atoms with Crippen LogP contribution in [0.2, 0.25) is 0 Å². The fourth-order valence-corrected chi connectivity index (χ4v) is 2.56.